The highest BCUT2D eigenvalue weighted by Gasteiger charge is 2.28. The lowest BCUT2D eigenvalue weighted by atomic mass is 9.82. The number of aromatic nitrogens is 2. The topological polar surface area (TPSA) is 47.1 Å². The summed E-state index contributed by atoms with van der Waals surface area (Å²) in [6.45, 7) is 1.85. The zero-order valence-corrected chi connectivity index (χ0v) is 11.0. The zero-order chi connectivity index (χ0) is 12.3. The number of hydrogen-bond donors (Lipinski definition) is 1. The average molecular weight is 236 g/mol. The Morgan fingerprint density at radius 2 is 2.12 bits per heavy atom. The number of rotatable bonds is 4. The second-order valence-corrected chi connectivity index (χ2v) is 5.55. The number of imidazole rings is 1. The second kappa shape index (κ2) is 5.19. The monoisotopic (exact) mass is 236 g/mol. The van der Waals surface area contributed by atoms with Gasteiger partial charge in [-0.1, -0.05) is 19.3 Å². The quantitative estimate of drug-likeness (QED) is 0.862. The molecule has 1 aromatic rings. The van der Waals surface area contributed by atoms with Crippen LogP contribution in [0.1, 0.15) is 37.9 Å². The number of aryl methyl sites for hydroxylation is 1. The fraction of sp³-hybridized carbons (Fsp3) is 0.769. The van der Waals surface area contributed by atoms with Gasteiger partial charge < -0.3 is 10.3 Å². The minimum atomic E-state index is 0.0260. The van der Waals surface area contributed by atoms with E-state index in [0.717, 1.165) is 31.8 Å². The van der Waals surface area contributed by atoms with Crippen LogP contribution in [0.25, 0.3) is 0 Å². The maximum atomic E-state index is 6.46. The highest BCUT2D eigenvalue weighted by atomic mass is 15.2. The zero-order valence-electron chi connectivity index (χ0n) is 11.0. The number of nitrogens with two attached hydrogens (primary N) is 1. The normalized spacial score (nSPS) is 19.8. The lowest BCUT2D eigenvalue weighted by molar-refractivity contribution is 0.189. The van der Waals surface area contributed by atoms with Crippen LogP contribution in [-0.4, -0.2) is 33.6 Å². The molecule has 0 amide bonds. The van der Waals surface area contributed by atoms with Crippen molar-refractivity contribution in [1.82, 2.24) is 14.5 Å². The van der Waals surface area contributed by atoms with Crippen molar-refractivity contribution in [2.75, 3.05) is 13.6 Å². The van der Waals surface area contributed by atoms with Crippen molar-refractivity contribution in [3.8, 4) is 0 Å². The third kappa shape index (κ3) is 3.30. The molecule has 0 saturated heterocycles. The van der Waals surface area contributed by atoms with Gasteiger partial charge in [0.2, 0.25) is 0 Å². The molecule has 0 radical (unpaired) electrons. The van der Waals surface area contributed by atoms with Crippen LogP contribution in [0, 0.1) is 0 Å². The van der Waals surface area contributed by atoms with Crippen LogP contribution in [0.4, 0.5) is 0 Å². The van der Waals surface area contributed by atoms with Crippen LogP contribution in [0.5, 0.6) is 0 Å². The minimum Gasteiger partial charge on any atom is -0.337 e. The van der Waals surface area contributed by atoms with Gasteiger partial charge in [-0.05, 0) is 19.9 Å². The van der Waals surface area contributed by atoms with Gasteiger partial charge in [-0.2, -0.15) is 0 Å². The molecule has 0 unspecified atom stereocenters. The van der Waals surface area contributed by atoms with E-state index in [1.54, 1.807) is 0 Å². The molecule has 4 nitrogen and oxygen atoms in total. The summed E-state index contributed by atoms with van der Waals surface area (Å²) in [4.78, 5) is 6.65. The Hall–Kier alpha value is -0.870. The first kappa shape index (κ1) is 12.6. The van der Waals surface area contributed by atoms with E-state index in [2.05, 4.69) is 21.5 Å². The number of hydrogen-bond acceptors (Lipinski definition) is 3. The van der Waals surface area contributed by atoms with E-state index in [-0.39, 0.29) is 5.54 Å². The molecule has 2 N–H and O–H groups in total. The number of likely N-dealkylation sites (N-methyl/N-ethyl adjacent to an activating group) is 1. The van der Waals surface area contributed by atoms with Crippen molar-refractivity contribution in [2.24, 2.45) is 12.8 Å². The molecule has 2 rings (SSSR count). The lowest BCUT2D eigenvalue weighted by Gasteiger charge is -2.36. The molecule has 1 aliphatic rings. The summed E-state index contributed by atoms with van der Waals surface area (Å²) in [5, 5.41) is 0. The van der Waals surface area contributed by atoms with Gasteiger partial charge in [-0.15, -0.1) is 0 Å². The van der Waals surface area contributed by atoms with Crippen molar-refractivity contribution >= 4 is 0 Å². The molecule has 1 aliphatic carbocycles. The molecular formula is C13H24N4. The van der Waals surface area contributed by atoms with E-state index in [1.165, 1.54) is 19.3 Å². The van der Waals surface area contributed by atoms with Gasteiger partial charge in [0, 0.05) is 31.5 Å². The SMILES string of the molecule is CN(Cc1nccn1C)CC1(N)CCCCC1. The van der Waals surface area contributed by atoms with Crippen molar-refractivity contribution in [3.05, 3.63) is 18.2 Å². The molecule has 0 bridgehead atoms. The summed E-state index contributed by atoms with van der Waals surface area (Å²) in [5.74, 6) is 1.10. The van der Waals surface area contributed by atoms with Gasteiger partial charge in [0.05, 0.1) is 6.54 Å². The molecule has 1 heterocycles. The van der Waals surface area contributed by atoms with E-state index in [0.29, 0.717) is 0 Å². The maximum absolute atomic E-state index is 6.46. The van der Waals surface area contributed by atoms with Crippen LogP contribution < -0.4 is 5.73 Å². The third-order valence-corrected chi connectivity index (χ3v) is 3.77. The van der Waals surface area contributed by atoms with Gasteiger partial charge in [-0.3, -0.25) is 4.90 Å². The first-order valence-electron chi connectivity index (χ1n) is 6.53. The van der Waals surface area contributed by atoms with E-state index >= 15 is 0 Å². The Bertz CT molecular complexity index is 352. The molecule has 4 heteroatoms. The van der Waals surface area contributed by atoms with Crippen molar-refractivity contribution in [3.63, 3.8) is 0 Å². The highest BCUT2D eigenvalue weighted by molar-refractivity contribution is 4.94. The van der Waals surface area contributed by atoms with Crippen LogP contribution in [0.15, 0.2) is 12.4 Å². The van der Waals surface area contributed by atoms with Crippen LogP contribution in [-0.2, 0) is 13.6 Å². The van der Waals surface area contributed by atoms with Gasteiger partial charge >= 0.3 is 0 Å². The van der Waals surface area contributed by atoms with Gasteiger partial charge in [0.15, 0.2) is 0 Å². The Labute approximate surface area is 104 Å². The van der Waals surface area contributed by atoms with Crippen LogP contribution in [0.2, 0.25) is 0 Å². The lowest BCUT2D eigenvalue weighted by Crippen LogP contribution is -2.50. The molecule has 1 aromatic heterocycles. The first-order valence-corrected chi connectivity index (χ1v) is 6.53. The van der Waals surface area contributed by atoms with Crippen molar-refractivity contribution in [2.45, 2.75) is 44.2 Å². The second-order valence-electron chi connectivity index (χ2n) is 5.55. The minimum absolute atomic E-state index is 0.0260. The smallest absolute Gasteiger partial charge is 0.122 e. The van der Waals surface area contributed by atoms with E-state index < -0.39 is 0 Å². The van der Waals surface area contributed by atoms with E-state index in [9.17, 15) is 0 Å². The van der Waals surface area contributed by atoms with Crippen molar-refractivity contribution in [1.29, 1.82) is 0 Å². The Morgan fingerprint density at radius 3 is 2.71 bits per heavy atom. The fourth-order valence-electron chi connectivity index (χ4n) is 2.80. The standard InChI is InChI=1S/C13H24N4/c1-16(10-12-15-8-9-17(12)2)11-13(14)6-4-3-5-7-13/h8-9H,3-7,10-11,14H2,1-2H3. The van der Waals surface area contributed by atoms with Crippen LogP contribution in [0.3, 0.4) is 0 Å². The Kier molecular flexibility index (Phi) is 3.84. The molecule has 96 valence electrons. The molecule has 1 saturated carbocycles. The predicted molar refractivity (Wildman–Crippen MR) is 69.5 cm³/mol. The predicted octanol–water partition coefficient (Wildman–Crippen LogP) is 1.51. The third-order valence-electron chi connectivity index (χ3n) is 3.77. The maximum Gasteiger partial charge on any atom is 0.122 e. The Morgan fingerprint density at radius 1 is 1.41 bits per heavy atom. The molecule has 1 fully saturated rings. The molecule has 0 atom stereocenters. The highest BCUT2D eigenvalue weighted by Crippen LogP contribution is 2.26. The number of nitrogens with zero attached hydrogens (tertiary/aromatic N) is 3. The van der Waals surface area contributed by atoms with Crippen molar-refractivity contribution < 1.29 is 0 Å². The molecule has 0 aromatic carbocycles. The fourth-order valence-corrected chi connectivity index (χ4v) is 2.80. The van der Waals surface area contributed by atoms with Gasteiger partial charge in [0.1, 0.15) is 5.82 Å². The summed E-state index contributed by atoms with van der Waals surface area (Å²) in [5.41, 5.74) is 6.48. The van der Waals surface area contributed by atoms with Gasteiger partial charge in [-0.25, -0.2) is 4.98 Å². The summed E-state index contributed by atoms with van der Waals surface area (Å²) in [7, 11) is 4.17. The summed E-state index contributed by atoms with van der Waals surface area (Å²) in [6, 6.07) is 0. The van der Waals surface area contributed by atoms with E-state index in [4.69, 9.17) is 5.73 Å². The Balaban J connectivity index is 1.88. The summed E-state index contributed by atoms with van der Waals surface area (Å²) in [6.07, 6.45) is 10.1. The summed E-state index contributed by atoms with van der Waals surface area (Å²) >= 11 is 0. The molecule has 0 aliphatic heterocycles. The summed E-state index contributed by atoms with van der Waals surface area (Å²) < 4.78 is 2.07. The van der Waals surface area contributed by atoms with E-state index in [1.807, 2.05) is 19.4 Å². The van der Waals surface area contributed by atoms with Crippen LogP contribution >= 0.6 is 0 Å². The largest absolute Gasteiger partial charge is 0.337 e. The molecular weight excluding hydrogens is 212 g/mol. The molecule has 17 heavy (non-hydrogen) atoms. The van der Waals surface area contributed by atoms with Gasteiger partial charge in [0.25, 0.3) is 0 Å². The first-order chi connectivity index (χ1) is 8.09. The molecule has 0 spiro atoms. The average Bonchev–Trinajstić information content (AvgIpc) is 2.64.